The Labute approximate surface area is 141 Å². The molecule has 1 saturated heterocycles. The molecule has 1 aromatic carbocycles. The van der Waals surface area contributed by atoms with Crippen LogP contribution >= 0.6 is 0 Å². The van der Waals surface area contributed by atoms with E-state index in [-0.39, 0.29) is 18.4 Å². The average Bonchev–Trinajstić information content (AvgIpc) is 3.14. The topological polar surface area (TPSA) is 65.6 Å². The highest BCUT2D eigenvalue weighted by Crippen LogP contribution is 2.13. The standard InChI is InChI=1S/C18H21N3O3/c1-14-3-2-4-16(11-14)24-13-17(22)20-7-9-21(10-8-20)18(23)15-5-6-19-12-15/h2-6,11-12,19H,7-10,13H2,1H3. The van der Waals surface area contributed by atoms with Crippen molar-refractivity contribution in [2.75, 3.05) is 32.8 Å². The summed E-state index contributed by atoms with van der Waals surface area (Å²) in [5.41, 5.74) is 1.74. The Hall–Kier alpha value is -2.76. The SMILES string of the molecule is Cc1cccc(OCC(=O)N2CCN(C(=O)c3cc[nH]c3)CC2)c1. The predicted octanol–water partition coefficient (Wildman–Crippen LogP) is 1.69. The molecule has 1 aliphatic rings. The number of ether oxygens (including phenoxy) is 1. The molecule has 0 saturated carbocycles. The normalized spacial score (nSPS) is 14.5. The maximum absolute atomic E-state index is 12.3. The highest BCUT2D eigenvalue weighted by atomic mass is 16.5. The number of piperazine rings is 1. The Balaban J connectivity index is 1.47. The Morgan fingerprint density at radius 3 is 2.54 bits per heavy atom. The van der Waals surface area contributed by atoms with Gasteiger partial charge >= 0.3 is 0 Å². The molecule has 6 heteroatoms. The predicted molar refractivity (Wildman–Crippen MR) is 90.0 cm³/mol. The van der Waals surface area contributed by atoms with Gasteiger partial charge in [-0.2, -0.15) is 0 Å². The summed E-state index contributed by atoms with van der Waals surface area (Å²) >= 11 is 0. The number of amides is 2. The molecule has 1 aromatic heterocycles. The fourth-order valence-electron chi connectivity index (χ4n) is 2.74. The largest absolute Gasteiger partial charge is 0.484 e. The van der Waals surface area contributed by atoms with E-state index in [2.05, 4.69) is 4.98 Å². The van der Waals surface area contributed by atoms with Gasteiger partial charge in [0, 0.05) is 38.6 Å². The molecule has 3 rings (SSSR count). The number of benzene rings is 1. The van der Waals surface area contributed by atoms with Crippen LogP contribution in [-0.2, 0) is 4.79 Å². The summed E-state index contributed by atoms with van der Waals surface area (Å²) in [5, 5.41) is 0. The minimum Gasteiger partial charge on any atom is -0.484 e. The number of carbonyl (C=O) groups is 2. The summed E-state index contributed by atoms with van der Waals surface area (Å²) in [6, 6.07) is 9.39. The third kappa shape index (κ3) is 3.76. The molecule has 0 atom stereocenters. The summed E-state index contributed by atoms with van der Waals surface area (Å²) in [4.78, 5) is 30.9. The minimum absolute atomic E-state index is 0.000593. The molecular formula is C18H21N3O3. The highest BCUT2D eigenvalue weighted by Gasteiger charge is 2.25. The van der Waals surface area contributed by atoms with E-state index in [1.54, 1.807) is 28.3 Å². The fraction of sp³-hybridized carbons (Fsp3) is 0.333. The van der Waals surface area contributed by atoms with Crippen molar-refractivity contribution in [3.8, 4) is 5.75 Å². The zero-order chi connectivity index (χ0) is 16.9. The first-order chi connectivity index (χ1) is 11.6. The van der Waals surface area contributed by atoms with Gasteiger partial charge in [0.2, 0.25) is 0 Å². The molecule has 1 fully saturated rings. The van der Waals surface area contributed by atoms with Crippen LogP contribution in [0.15, 0.2) is 42.7 Å². The van der Waals surface area contributed by atoms with E-state index < -0.39 is 0 Å². The van der Waals surface area contributed by atoms with Gasteiger partial charge in [0.05, 0.1) is 5.56 Å². The Bertz CT molecular complexity index is 704. The van der Waals surface area contributed by atoms with E-state index in [0.29, 0.717) is 37.5 Å². The van der Waals surface area contributed by atoms with Crippen molar-refractivity contribution in [2.45, 2.75) is 6.92 Å². The van der Waals surface area contributed by atoms with Gasteiger partial charge < -0.3 is 19.5 Å². The number of nitrogens with zero attached hydrogens (tertiary/aromatic N) is 2. The Morgan fingerprint density at radius 1 is 1.12 bits per heavy atom. The average molecular weight is 327 g/mol. The van der Waals surface area contributed by atoms with Crippen LogP contribution in [0.5, 0.6) is 5.75 Å². The van der Waals surface area contributed by atoms with Gasteiger partial charge in [0.25, 0.3) is 11.8 Å². The zero-order valence-electron chi connectivity index (χ0n) is 13.7. The van der Waals surface area contributed by atoms with Crippen molar-refractivity contribution in [3.05, 3.63) is 53.9 Å². The number of carbonyl (C=O) groups excluding carboxylic acids is 2. The van der Waals surface area contributed by atoms with Gasteiger partial charge in [-0.05, 0) is 30.7 Å². The summed E-state index contributed by atoms with van der Waals surface area (Å²) in [7, 11) is 0. The molecular weight excluding hydrogens is 306 g/mol. The van der Waals surface area contributed by atoms with Crippen LogP contribution < -0.4 is 4.74 Å². The van der Waals surface area contributed by atoms with Crippen molar-refractivity contribution in [1.29, 1.82) is 0 Å². The number of nitrogens with one attached hydrogen (secondary N) is 1. The van der Waals surface area contributed by atoms with Crippen LogP contribution in [0.2, 0.25) is 0 Å². The monoisotopic (exact) mass is 327 g/mol. The van der Waals surface area contributed by atoms with Crippen LogP contribution in [0, 0.1) is 6.92 Å². The van der Waals surface area contributed by atoms with Gasteiger partial charge in [-0.1, -0.05) is 12.1 Å². The summed E-state index contributed by atoms with van der Waals surface area (Å²) < 4.78 is 5.56. The summed E-state index contributed by atoms with van der Waals surface area (Å²) in [6.07, 6.45) is 3.42. The van der Waals surface area contributed by atoms with Gasteiger partial charge in [-0.3, -0.25) is 9.59 Å². The van der Waals surface area contributed by atoms with Crippen molar-refractivity contribution in [1.82, 2.24) is 14.8 Å². The lowest BCUT2D eigenvalue weighted by Crippen LogP contribution is -2.51. The minimum atomic E-state index is -0.0507. The van der Waals surface area contributed by atoms with Crippen LogP contribution in [0.25, 0.3) is 0 Å². The van der Waals surface area contributed by atoms with Crippen molar-refractivity contribution < 1.29 is 14.3 Å². The van der Waals surface area contributed by atoms with E-state index in [1.165, 1.54) is 0 Å². The van der Waals surface area contributed by atoms with Crippen LogP contribution in [0.3, 0.4) is 0 Å². The fourth-order valence-corrected chi connectivity index (χ4v) is 2.74. The molecule has 0 aliphatic carbocycles. The zero-order valence-corrected chi connectivity index (χ0v) is 13.7. The maximum atomic E-state index is 12.3. The maximum Gasteiger partial charge on any atom is 0.260 e. The molecule has 1 aliphatic heterocycles. The van der Waals surface area contributed by atoms with Crippen molar-refractivity contribution in [3.63, 3.8) is 0 Å². The Morgan fingerprint density at radius 2 is 1.88 bits per heavy atom. The second-order valence-corrected chi connectivity index (χ2v) is 5.88. The molecule has 2 aromatic rings. The second-order valence-electron chi connectivity index (χ2n) is 5.88. The smallest absolute Gasteiger partial charge is 0.260 e. The van der Waals surface area contributed by atoms with Crippen LogP contribution in [0.4, 0.5) is 0 Å². The lowest BCUT2D eigenvalue weighted by molar-refractivity contribution is -0.134. The summed E-state index contributed by atoms with van der Waals surface area (Å²) in [5.74, 6) is 0.647. The second kappa shape index (κ2) is 7.21. The molecule has 0 spiro atoms. The summed E-state index contributed by atoms with van der Waals surface area (Å²) in [6.45, 7) is 4.16. The number of H-pyrrole nitrogens is 1. The number of hydrogen-bond donors (Lipinski definition) is 1. The molecule has 24 heavy (non-hydrogen) atoms. The molecule has 2 amide bonds. The third-order valence-corrected chi connectivity index (χ3v) is 4.12. The number of rotatable bonds is 4. The van der Waals surface area contributed by atoms with E-state index >= 15 is 0 Å². The van der Waals surface area contributed by atoms with Gasteiger partial charge in [-0.25, -0.2) is 0 Å². The van der Waals surface area contributed by atoms with Gasteiger partial charge in [0.15, 0.2) is 6.61 Å². The van der Waals surface area contributed by atoms with E-state index in [4.69, 9.17) is 4.74 Å². The van der Waals surface area contributed by atoms with E-state index in [9.17, 15) is 9.59 Å². The third-order valence-electron chi connectivity index (χ3n) is 4.12. The number of aromatic amines is 1. The van der Waals surface area contributed by atoms with Gasteiger partial charge in [-0.15, -0.1) is 0 Å². The molecule has 0 unspecified atom stereocenters. The molecule has 1 N–H and O–H groups in total. The number of aryl methyl sites for hydroxylation is 1. The number of aromatic nitrogens is 1. The van der Waals surface area contributed by atoms with E-state index in [0.717, 1.165) is 5.56 Å². The molecule has 0 radical (unpaired) electrons. The van der Waals surface area contributed by atoms with Gasteiger partial charge in [0.1, 0.15) is 5.75 Å². The first-order valence-electron chi connectivity index (χ1n) is 8.03. The van der Waals surface area contributed by atoms with Crippen molar-refractivity contribution in [2.24, 2.45) is 0 Å². The first-order valence-corrected chi connectivity index (χ1v) is 8.03. The molecule has 6 nitrogen and oxygen atoms in total. The molecule has 2 heterocycles. The lowest BCUT2D eigenvalue weighted by atomic mass is 10.2. The molecule has 126 valence electrons. The quantitative estimate of drug-likeness (QED) is 0.929. The van der Waals surface area contributed by atoms with Crippen LogP contribution in [-0.4, -0.2) is 59.4 Å². The highest BCUT2D eigenvalue weighted by molar-refractivity contribution is 5.94. The lowest BCUT2D eigenvalue weighted by Gasteiger charge is -2.34. The molecule has 0 bridgehead atoms. The first kappa shape index (κ1) is 16.1. The number of hydrogen-bond acceptors (Lipinski definition) is 3. The van der Waals surface area contributed by atoms with Crippen molar-refractivity contribution >= 4 is 11.8 Å². The van der Waals surface area contributed by atoms with Crippen LogP contribution in [0.1, 0.15) is 15.9 Å². The van der Waals surface area contributed by atoms with E-state index in [1.807, 2.05) is 31.2 Å². The Kier molecular flexibility index (Phi) is 4.84.